The zero-order chi connectivity index (χ0) is 11.5. The molecule has 80 valence electrons. The first-order valence-corrected chi connectivity index (χ1v) is 3.94. The van der Waals surface area contributed by atoms with Crippen molar-refractivity contribution in [2.75, 3.05) is 0 Å². The van der Waals surface area contributed by atoms with Gasteiger partial charge in [-0.2, -0.15) is 13.2 Å². The maximum atomic E-state index is 12.4. The molecule has 0 N–H and O–H groups in total. The van der Waals surface area contributed by atoms with E-state index in [0.717, 1.165) is 18.2 Å². The predicted octanol–water partition coefficient (Wildman–Crippen LogP) is 2.97. The Morgan fingerprint density at radius 3 is 2.13 bits per heavy atom. The zero-order valence-electron chi connectivity index (χ0n) is 7.38. The van der Waals surface area contributed by atoms with E-state index in [4.69, 9.17) is 0 Å². The Hall–Kier alpha value is -1.65. The summed E-state index contributed by atoms with van der Waals surface area (Å²) in [5, 5.41) is 0. The predicted molar refractivity (Wildman–Crippen MR) is 46.5 cm³/mol. The monoisotopic (exact) mass is 218 g/mol. The lowest BCUT2D eigenvalue weighted by molar-refractivity contribution is -0.165. The number of rotatable bonds is 2. The molecule has 0 unspecified atom stereocenters. The van der Waals surface area contributed by atoms with E-state index in [1.54, 1.807) is 0 Å². The van der Waals surface area contributed by atoms with Crippen LogP contribution in [-0.2, 0) is 4.79 Å². The molecule has 1 nitrogen and oxygen atoms in total. The van der Waals surface area contributed by atoms with Crippen molar-refractivity contribution in [2.45, 2.75) is 6.18 Å². The van der Waals surface area contributed by atoms with Crippen LogP contribution in [0.25, 0.3) is 6.08 Å². The molecule has 15 heavy (non-hydrogen) atoms. The number of allylic oxidation sites excluding steroid dienone is 1. The van der Waals surface area contributed by atoms with Crippen LogP contribution >= 0.6 is 0 Å². The summed E-state index contributed by atoms with van der Waals surface area (Å²) in [6, 6.07) is 4.74. The zero-order valence-corrected chi connectivity index (χ0v) is 7.38. The van der Waals surface area contributed by atoms with E-state index in [1.807, 2.05) is 0 Å². The van der Waals surface area contributed by atoms with Gasteiger partial charge in [0.15, 0.2) is 0 Å². The number of carbonyl (C=O) groups excluding carboxylic acids is 1. The molecule has 0 fully saturated rings. The Labute approximate surface area is 83.0 Å². The summed E-state index contributed by atoms with van der Waals surface area (Å²) in [7, 11) is 0. The van der Waals surface area contributed by atoms with E-state index < -0.39 is 17.8 Å². The van der Waals surface area contributed by atoms with Gasteiger partial charge in [-0.1, -0.05) is 18.2 Å². The van der Waals surface area contributed by atoms with Crippen molar-refractivity contribution in [3.63, 3.8) is 0 Å². The largest absolute Gasteiger partial charge is 0.454 e. The quantitative estimate of drug-likeness (QED) is 0.551. The van der Waals surface area contributed by atoms with Crippen molar-refractivity contribution in [3.05, 3.63) is 41.7 Å². The molecule has 0 amide bonds. The number of ketones is 1. The van der Waals surface area contributed by atoms with Crippen LogP contribution in [0, 0.1) is 5.82 Å². The van der Waals surface area contributed by atoms with Crippen molar-refractivity contribution in [2.24, 2.45) is 0 Å². The number of hydrogen-bond acceptors (Lipinski definition) is 1. The molecule has 1 aromatic carbocycles. The van der Waals surface area contributed by atoms with Crippen LogP contribution < -0.4 is 0 Å². The molecule has 0 radical (unpaired) electrons. The van der Waals surface area contributed by atoms with Crippen molar-refractivity contribution >= 4 is 11.9 Å². The second-order valence-corrected chi connectivity index (χ2v) is 2.75. The summed E-state index contributed by atoms with van der Waals surface area (Å²) >= 11 is 0. The van der Waals surface area contributed by atoms with Gasteiger partial charge in [0.25, 0.3) is 5.78 Å². The minimum absolute atomic E-state index is 0.328. The van der Waals surface area contributed by atoms with Crippen molar-refractivity contribution in [1.82, 2.24) is 0 Å². The van der Waals surface area contributed by atoms with E-state index in [9.17, 15) is 22.4 Å². The first-order valence-electron chi connectivity index (χ1n) is 3.94. The SMILES string of the molecule is O=C(C=Cc1ccc(F)cc1)C(F)(F)F. The van der Waals surface area contributed by atoms with Crippen LogP contribution in [-0.4, -0.2) is 12.0 Å². The molecule has 1 rings (SSSR count). The minimum Gasteiger partial charge on any atom is -0.285 e. The van der Waals surface area contributed by atoms with Gasteiger partial charge in [0.1, 0.15) is 5.82 Å². The van der Waals surface area contributed by atoms with E-state index in [1.165, 1.54) is 12.1 Å². The highest BCUT2D eigenvalue weighted by atomic mass is 19.4. The van der Waals surface area contributed by atoms with E-state index in [0.29, 0.717) is 11.6 Å². The molecule has 0 saturated heterocycles. The van der Waals surface area contributed by atoms with E-state index in [-0.39, 0.29) is 0 Å². The Kier molecular flexibility index (Phi) is 3.24. The van der Waals surface area contributed by atoms with Gasteiger partial charge >= 0.3 is 6.18 Å². The third-order valence-electron chi connectivity index (χ3n) is 1.58. The lowest BCUT2D eigenvalue weighted by Gasteiger charge is -1.99. The van der Waals surface area contributed by atoms with E-state index in [2.05, 4.69) is 0 Å². The fourth-order valence-electron chi connectivity index (χ4n) is 0.840. The van der Waals surface area contributed by atoms with Crippen molar-refractivity contribution < 1.29 is 22.4 Å². The molecule has 0 spiro atoms. The highest BCUT2D eigenvalue weighted by Crippen LogP contribution is 2.17. The van der Waals surface area contributed by atoms with Gasteiger partial charge in [-0.25, -0.2) is 4.39 Å². The van der Waals surface area contributed by atoms with Crippen LogP contribution in [0.1, 0.15) is 5.56 Å². The first-order chi connectivity index (χ1) is 6.89. The van der Waals surface area contributed by atoms with Crippen LogP contribution in [0.2, 0.25) is 0 Å². The summed E-state index contributed by atoms with van der Waals surface area (Å²) in [5.74, 6) is -2.43. The van der Waals surface area contributed by atoms with Gasteiger partial charge < -0.3 is 0 Å². The summed E-state index contributed by atoms with van der Waals surface area (Å²) < 4.78 is 47.7. The number of benzene rings is 1. The number of carbonyl (C=O) groups is 1. The first kappa shape index (κ1) is 11.4. The molecule has 0 atom stereocenters. The third-order valence-corrected chi connectivity index (χ3v) is 1.58. The summed E-state index contributed by atoms with van der Waals surface area (Å²) in [6.07, 6.45) is -3.47. The van der Waals surface area contributed by atoms with Crippen LogP contribution in [0.5, 0.6) is 0 Å². The van der Waals surface area contributed by atoms with E-state index >= 15 is 0 Å². The summed E-state index contributed by atoms with van der Waals surface area (Å²) in [6.45, 7) is 0. The third kappa shape index (κ3) is 3.53. The molecule has 5 heteroatoms. The molecule has 1 aromatic rings. The van der Waals surface area contributed by atoms with Crippen molar-refractivity contribution in [3.8, 4) is 0 Å². The standard InChI is InChI=1S/C10H6F4O/c11-8-4-1-7(2-5-8)3-6-9(15)10(12,13)14/h1-6H. The normalized spacial score (nSPS) is 12.0. The Balaban J connectivity index is 2.74. The van der Waals surface area contributed by atoms with Gasteiger partial charge in [-0.3, -0.25) is 4.79 Å². The van der Waals surface area contributed by atoms with Crippen molar-refractivity contribution in [1.29, 1.82) is 0 Å². The molecule has 0 bridgehead atoms. The maximum Gasteiger partial charge on any atom is 0.454 e. The molecule has 0 aliphatic rings. The lowest BCUT2D eigenvalue weighted by atomic mass is 10.2. The topological polar surface area (TPSA) is 17.1 Å². The van der Waals surface area contributed by atoms with Crippen LogP contribution in [0.15, 0.2) is 30.3 Å². The van der Waals surface area contributed by atoms with Crippen LogP contribution in [0.4, 0.5) is 17.6 Å². The summed E-state index contributed by atoms with van der Waals surface area (Å²) in [5.41, 5.74) is 0.328. The second kappa shape index (κ2) is 4.25. The Morgan fingerprint density at radius 1 is 1.13 bits per heavy atom. The van der Waals surface area contributed by atoms with Gasteiger partial charge in [-0.05, 0) is 23.8 Å². The average molecular weight is 218 g/mol. The molecule has 0 heterocycles. The fraction of sp³-hybridized carbons (Fsp3) is 0.100. The molecule has 0 aliphatic carbocycles. The lowest BCUT2D eigenvalue weighted by Crippen LogP contribution is -2.19. The number of hydrogen-bond donors (Lipinski definition) is 0. The van der Waals surface area contributed by atoms with Crippen LogP contribution in [0.3, 0.4) is 0 Å². The Bertz CT molecular complexity index is 375. The van der Waals surface area contributed by atoms with Gasteiger partial charge in [0, 0.05) is 0 Å². The Morgan fingerprint density at radius 2 is 1.67 bits per heavy atom. The van der Waals surface area contributed by atoms with Gasteiger partial charge in [0.05, 0.1) is 0 Å². The minimum atomic E-state index is -4.86. The molecule has 0 saturated carbocycles. The second-order valence-electron chi connectivity index (χ2n) is 2.75. The van der Waals surface area contributed by atoms with Gasteiger partial charge in [0.2, 0.25) is 0 Å². The highest BCUT2D eigenvalue weighted by molar-refractivity contribution is 5.97. The summed E-state index contributed by atoms with van der Waals surface area (Å²) in [4.78, 5) is 10.4. The smallest absolute Gasteiger partial charge is 0.285 e. The maximum absolute atomic E-state index is 12.4. The molecule has 0 aromatic heterocycles. The number of halogens is 4. The average Bonchev–Trinajstić information content (AvgIpc) is 2.15. The molecular weight excluding hydrogens is 212 g/mol. The highest BCUT2D eigenvalue weighted by Gasteiger charge is 2.35. The molecule has 0 aliphatic heterocycles. The van der Waals surface area contributed by atoms with Gasteiger partial charge in [-0.15, -0.1) is 0 Å². The fourth-order valence-corrected chi connectivity index (χ4v) is 0.840. The number of alkyl halides is 3. The molecular formula is C10H6F4O.